The Labute approximate surface area is 160 Å². The van der Waals surface area contributed by atoms with E-state index < -0.39 is 5.97 Å². The van der Waals surface area contributed by atoms with E-state index in [-0.39, 0.29) is 23.2 Å². The van der Waals surface area contributed by atoms with Crippen molar-refractivity contribution in [1.82, 2.24) is 20.0 Å². The molecule has 1 aliphatic heterocycles. The van der Waals surface area contributed by atoms with Gasteiger partial charge in [0.05, 0.1) is 5.56 Å². The van der Waals surface area contributed by atoms with E-state index in [9.17, 15) is 9.59 Å². The molecule has 8 nitrogen and oxygen atoms in total. The van der Waals surface area contributed by atoms with Crippen molar-refractivity contribution in [3.63, 3.8) is 0 Å². The molecule has 4 rings (SSSR count). The molecule has 1 atom stereocenters. The van der Waals surface area contributed by atoms with E-state index in [2.05, 4.69) is 15.1 Å². The Kier molecular flexibility index (Phi) is 4.84. The van der Waals surface area contributed by atoms with Gasteiger partial charge in [-0.2, -0.15) is 4.98 Å². The summed E-state index contributed by atoms with van der Waals surface area (Å²) in [6.07, 6.45) is 3.80. The third-order valence-electron chi connectivity index (χ3n) is 4.75. The van der Waals surface area contributed by atoms with Gasteiger partial charge >= 0.3 is 5.97 Å². The number of carbonyl (C=O) groups is 2. The maximum absolute atomic E-state index is 13.0. The fourth-order valence-corrected chi connectivity index (χ4v) is 3.33. The average molecular weight is 378 g/mol. The summed E-state index contributed by atoms with van der Waals surface area (Å²) in [5.74, 6) is -0.593. The lowest BCUT2D eigenvalue weighted by Gasteiger charge is -2.33. The van der Waals surface area contributed by atoms with Crippen molar-refractivity contribution in [2.24, 2.45) is 0 Å². The van der Waals surface area contributed by atoms with Crippen LogP contribution in [-0.2, 0) is 0 Å². The minimum Gasteiger partial charge on any atom is -0.478 e. The van der Waals surface area contributed by atoms with Gasteiger partial charge in [0, 0.05) is 18.3 Å². The normalized spacial score (nSPS) is 16.7. The van der Waals surface area contributed by atoms with E-state index in [1.165, 1.54) is 18.3 Å². The van der Waals surface area contributed by atoms with E-state index in [0.29, 0.717) is 24.7 Å². The van der Waals surface area contributed by atoms with Crippen molar-refractivity contribution in [1.29, 1.82) is 0 Å². The Morgan fingerprint density at radius 2 is 1.96 bits per heavy atom. The molecule has 8 heteroatoms. The van der Waals surface area contributed by atoms with Crippen LogP contribution in [0.5, 0.6) is 0 Å². The molecule has 3 heterocycles. The molecule has 1 N–H and O–H groups in total. The first-order valence-corrected chi connectivity index (χ1v) is 9.03. The molecule has 1 saturated heterocycles. The second kappa shape index (κ2) is 7.59. The van der Waals surface area contributed by atoms with Crippen LogP contribution in [0.3, 0.4) is 0 Å². The van der Waals surface area contributed by atoms with Gasteiger partial charge in [0.15, 0.2) is 0 Å². The number of benzene rings is 1. The van der Waals surface area contributed by atoms with Crippen LogP contribution in [0.25, 0.3) is 11.4 Å². The summed E-state index contributed by atoms with van der Waals surface area (Å²) < 4.78 is 5.47. The first-order chi connectivity index (χ1) is 13.6. The summed E-state index contributed by atoms with van der Waals surface area (Å²) in [7, 11) is 0. The topological polar surface area (TPSA) is 109 Å². The summed E-state index contributed by atoms with van der Waals surface area (Å²) >= 11 is 0. The molecular weight excluding hydrogens is 360 g/mol. The number of likely N-dealkylation sites (tertiary alicyclic amines) is 1. The minimum absolute atomic E-state index is 0.0241. The van der Waals surface area contributed by atoms with Crippen molar-refractivity contribution in [3.05, 3.63) is 65.8 Å². The Bertz CT molecular complexity index is 1000. The molecule has 0 spiro atoms. The predicted molar refractivity (Wildman–Crippen MR) is 98.6 cm³/mol. The van der Waals surface area contributed by atoms with Crippen LogP contribution in [-0.4, -0.2) is 43.6 Å². The van der Waals surface area contributed by atoms with Crippen molar-refractivity contribution in [3.8, 4) is 11.4 Å². The maximum Gasteiger partial charge on any atom is 0.335 e. The summed E-state index contributed by atoms with van der Waals surface area (Å²) in [4.78, 5) is 34.4. The predicted octanol–water partition coefficient (Wildman–Crippen LogP) is 3.20. The van der Waals surface area contributed by atoms with Gasteiger partial charge in [-0.1, -0.05) is 35.5 Å². The zero-order chi connectivity index (χ0) is 19.5. The van der Waals surface area contributed by atoms with E-state index in [4.69, 9.17) is 9.63 Å². The summed E-state index contributed by atoms with van der Waals surface area (Å²) in [6.45, 7) is 0.519. The van der Waals surface area contributed by atoms with Crippen molar-refractivity contribution < 1.29 is 19.2 Å². The number of carboxylic acid groups (broad SMARTS) is 1. The minimum atomic E-state index is -1.10. The van der Waals surface area contributed by atoms with Crippen molar-refractivity contribution in [2.45, 2.75) is 25.3 Å². The number of aromatic carboxylic acids is 1. The fraction of sp³-hybridized carbons (Fsp3) is 0.250. The molecule has 0 bridgehead atoms. The molecule has 2 aromatic heterocycles. The zero-order valence-corrected chi connectivity index (χ0v) is 15.0. The molecule has 1 fully saturated rings. The molecule has 1 unspecified atom stereocenters. The fourth-order valence-electron chi connectivity index (χ4n) is 3.33. The molecule has 3 aromatic rings. The molecular formula is C20H18N4O4. The monoisotopic (exact) mass is 378 g/mol. The third-order valence-corrected chi connectivity index (χ3v) is 4.75. The highest BCUT2D eigenvalue weighted by molar-refractivity contribution is 5.96. The SMILES string of the molecule is O=C(O)c1ccnc(C(=O)N2CCCCC2c2nc(-c3ccccc3)no2)c1. The third kappa shape index (κ3) is 3.48. The van der Waals surface area contributed by atoms with Crippen LogP contribution < -0.4 is 0 Å². The molecule has 1 aliphatic rings. The highest BCUT2D eigenvalue weighted by Crippen LogP contribution is 2.32. The smallest absolute Gasteiger partial charge is 0.335 e. The maximum atomic E-state index is 13.0. The van der Waals surface area contributed by atoms with Gasteiger partial charge in [0.1, 0.15) is 11.7 Å². The number of amides is 1. The van der Waals surface area contributed by atoms with Crippen LogP contribution in [0.2, 0.25) is 0 Å². The van der Waals surface area contributed by atoms with Gasteiger partial charge in [-0.05, 0) is 31.4 Å². The largest absolute Gasteiger partial charge is 0.478 e. The quantitative estimate of drug-likeness (QED) is 0.742. The van der Waals surface area contributed by atoms with Gasteiger partial charge in [-0.3, -0.25) is 9.78 Å². The number of nitrogens with zero attached hydrogens (tertiary/aromatic N) is 4. The number of pyridine rings is 1. The highest BCUT2D eigenvalue weighted by atomic mass is 16.5. The number of carboxylic acids is 1. The summed E-state index contributed by atoms with van der Waals surface area (Å²) in [6, 6.07) is 11.8. The van der Waals surface area contributed by atoms with Gasteiger partial charge in [0.25, 0.3) is 5.91 Å². The molecule has 1 amide bonds. The molecule has 1 aromatic carbocycles. The number of piperidine rings is 1. The van der Waals surface area contributed by atoms with Gasteiger partial charge in [-0.25, -0.2) is 4.79 Å². The van der Waals surface area contributed by atoms with Crippen LogP contribution >= 0.6 is 0 Å². The molecule has 28 heavy (non-hydrogen) atoms. The van der Waals surface area contributed by atoms with E-state index in [1.807, 2.05) is 30.3 Å². The van der Waals surface area contributed by atoms with Gasteiger partial charge in [-0.15, -0.1) is 0 Å². The number of aromatic nitrogens is 3. The molecule has 0 saturated carbocycles. The van der Waals surface area contributed by atoms with Crippen molar-refractivity contribution >= 4 is 11.9 Å². The second-order valence-electron chi connectivity index (χ2n) is 6.57. The molecule has 0 aliphatic carbocycles. The lowest BCUT2D eigenvalue weighted by Crippen LogP contribution is -2.39. The number of rotatable bonds is 4. The van der Waals surface area contributed by atoms with Crippen LogP contribution in [0, 0.1) is 0 Å². The average Bonchev–Trinajstić information content (AvgIpc) is 3.24. The Morgan fingerprint density at radius 1 is 1.14 bits per heavy atom. The molecule has 142 valence electrons. The lowest BCUT2D eigenvalue weighted by molar-refractivity contribution is 0.0555. The van der Waals surface area contributed by atoms with E-state index in [1.54, 1.807) is 4.90 Å². The van der Waals surface area contributed by atoms with Gasteiger partial charge < -0.3 is 14.5 Å². The highest BCUT2D eigenvalue weighted by Gasteiger charge is 2.33. The zero-order valence-electron chi connectivity index (χ0n) is 15.0. The Balaban J connectivity index is 1.62. The standard InChI is InChI=1S/C20H18N4O4/c25-19(15-12-14(20(26)27)9-10-21-15)24-11-5-4-8-16(24)18-22-17(23-28-18)13-6-2-1-3-7-13/h1-3,6-7,9-10,12,16H,4-5,8,11H2,(H,26,27). The van der Waals surface area contributed by atoms with Crippen LogP contribution in [0.15, 0.2) is 53.2 Å². The number of hydrogen-bond acceptors (Lipinski definition) is 6. The number of hydrogen-bond donors (Lipinski definition) is 1. The lowest BCUT2D eigenvalue weighted by atomic mass is 10.0. The second-order valence-corrected chi connectivity index (χ2v) is 6.57. The molecule has 0 radical (unpaired) electrons. The Hall–Kier alpha value is -3.55. The first kappa shape index (κ1) is 17.8. The summed E-state index contributed by atoms with van der Waals surface area (Å²) in [5.41, 5.74) is 0.952. The van der Waals surface area contributed by atoms with E-state index >= 15 is 0 Å². The van der Waals surface area contributed by atoms with Crippen LogP contribution in [0.4, 0.5) is 0 Å². The van der Waals surface area contributed by atoms with Crippen LogP contribution in [0.1, 0.15) is 52.0 Å². The Morgan fingerprint density at radius 3 is 2.75 bits per heavy atom. The van der Waals surface area contributed by atoms with E-state index in [0.717, 1.165) is 18.4 Å². The van der Waals surface area contributed by atoms with Gasteiger partial charge in [0.2, 0.25) is 11.7 Å². The number of carbonyl (C=O) groups excluding carboxylic acids is 1. The first-order valence-electron chi connectivity index (χ1n) is 9.03. The summed E-state index contributed by atoms with van der Waals surface area (Å²) in [5, 5.41) is 13.2. The van der Waals surface area contributed by atoms with Crippen molar-refractivity contribution in [2.75, 3.05) is 6.54 Å².